The summed E-state index contributed by atoms with van der Waals surface area (Å²) < 4.78 is 37.4. The van der Waals surface area contributed by atoms with Gasteiger partial charge in [0.25, 0.3) is 0 Å². The molecule has 0 bridgehead atoms. The Kier molecular flexibility index (Phi) is 7.24. The maximum absolute atomic E-state index is 13.1. The van der Waals surface area contributed by atoms with Crippen LogP contribution in [0, 0.1) is 0 Å². The number of carbonyl (C=O) groups excluding carboxylic acids is 1. The van der Waals surface area contributed by atoms with Crippen molar-refractivity contribution in [2.75, 3.05) is 23.8 Å². The zero-order valence-corrected chi connectivity index (χ0v) is 19.7. The van der Waals surface area contributed by atoms with E-state index in [1.807, 2.05) is 19.1 Å². The lowest BCUT2D eigenvalue weighted by Crippen LogP contribution is -2.49. The molecule has 1 heterocycles. The average molecular weight is 487 g/mol. The van der Waals surface area contributed by atoms with Crippen LogP contribution in [-0.4, -0.2) is 39.8 Å². The summed E-state index contributed by atoms with van der Waals surface area (Å²) in [4.78, 5) is 13.1. The topological polar surface area (TPSA) is 84.9 Å². The first-order valence-electron chi connectivity index (χ1n) is 9.76. The second-order valence-electron chi connectivity index (χ2n) is 7.21. The summed E-state index contributed by atoms with van der Waals surface area (Å²) in [6.45, 7) is 4.52. The molecular weight excluding hydrogens is 463 g/mol. The summed E-state index contributed by atoms with van der Waals surface area (Å²) in [7, 11) is -3.78. The Labute approximate surface area is 192 Å². The van der Waals surface area contributed by atoms with Crippen molar-refractivity contribution in [3.8, 4) is 11.5 Å². The van der Waals surface area contributed by atoms with Crippen LogP contribution in [0.4, 0.5) is 5.69 Å². The Bertz CT molecular complexity index is 1080. The Morgan fingerprint density at radius 3 is 2.39 bits per heavy atom. The summed E-state index contributed by atoms with van der Waals surface area (Å²) in [5, 5.41) is 3.40. The third-order valence-electron chi connectivity index (χ3n) is 4.91. The molecule has 3 rings (SSSR count). The van der Waals surface area contributed by atoms with Crippen molar-refractivity contribution in [2.24, 2.45) is 0 Å². The van der Waals surface area contributed by atoms with Gasteiger partial charge in [-0.25, -0.2) is 8.42 Å². The lowest BCUT2D eigenvalue weighted by molar-refractivity contribution is -0.122. The molecule has 0 fully saturated rings. The monoisotopic (exact) mass is 486 g/mol. The van der Waals surface area contributed by atoms with Gasteiger partial charge in [-0.3, -0.25) is 9.10 Å². The highest BCUT2D eigenvalue weighted by atomic mass is 35.5. The molecule has 10 heteroatoms. The van der Waals surface area contributed by atoms with E-state index in [0.29, 0.717) is 29.7 Å². The molecule has 0 unspecified atom stereocenters. The lowest BCUT2D eigenvalue weighted by Gasteiger charge is -2.31. The molecule has 0 spiro atoms. The van der Waals surface area contributed by atoms with E-state index < -0.39 is 22.0 Å². The van der Waals surface area contributed by atoms with Crippen molar-refractivity contribution in [1.82, 2.24) is 5.32 Å². The number of nitrogens with one attached hydrogen (secondary N) is 1. The Morgan fingerprint density at radius 1 is 1.10 bits per heavy atom. The third kappa shape index (κ3) is 5.37. The standard InChI is InChI=1S/C21H24Cl2N2O5S/c1-4-18(25(31(3,27)28)15-6-7-16(22)17(23)12-15)21(26)24-13(2)14-5-8-19-20(11-14)30-10-9-29-19/h5-8,11-13,18H,4,9-10H2,1-3H3,(H,24,26)/t13-,18-/m0/s1. The molecule has 0 aromatic heterocycles. The van der Waals surface area contributed by atoms with Crippen LogP contribution in [0.3, 0.4) is 0 Å². The normalized spacial score (nSPS) is 15.1. The van der Waals surface area contributed by atoms with E-state index in [9.17, 15) is 13.2 Å². The predicted octanol–water partition coefficient (Wildman–Crippen LogP) is 4.19. The van der Waals surface area contributed by atoms with E-state index in [1.54, 1.807) is 13.0 Å². The minimum atomic E-state index is -3.78. The Morgan fingerprint density at radius 2 is 1.77 bits per heavy atom. The number of halogens is 2. The molecule has 168 valence electrons. The van der Waals surface area contributed by atoms with Crippen LogP contribution >= 0.6 is 23.2 Å². The van der Waals surface area contributed by atoms with E-state index in [2.05, 4.69) is 5.32 Å². The van der Waals surface area contributed by atoms with Gasteiger partial charge in [-0.15, -0.1) is 0 Å². The smallest absolute Gasteiger partial charge is 0.244 e. The third-order valence-corrected chi connectivity index (χ3v) is 6.83. The van der Waals surface area contributed by atoms with Gasteiger partial charge in [0.2, 0.25) is 15.9 Å². The van der Waals surface area contributed by atoms with Crippen molar-refractivity contribution < 1.29 is 22.7 Å². The molecule has 0 saturated carbocycles. The van der Waals surface area contributed by atoms with E-state index in [1.165, 1.54) is 18.2 Å². The molecule has 0 radical (unpaired) electrons. The molecule has 1 aliphatic heterocycles. The molecule has 0 saturated heterocycles. The van der Waals surface area contributed by atoms with E-state index in [-0.39, 0.29) is 23.2 Å². The van der Waals surface area contributed by atoms with Crippen molar-refractivity contribution in [2.45, 2.75) is 32.4 Å². The Balaban J connectivity index is 1.85. The number of anilines is 1. The van der Waals surface area contributed by atoms with Crippen molar-refractivity contribution >= 4 is 44.8 Å². The molecular formula is C21H24Cl2N2O5S. The number of ether oxygens (including phenoxy) is 2. The van der Waals surface area contributed by atoms with Gasteiger partial charge in [0.05, 0.1) is 28.0 Å². The van der Waals surface area contributed by atoms with Gasteiger partial charge in [0.15, 0.2) is 11.5 Å². The van der Waals surface area contributed by atoms with Crippen LogP contribution in [0.15, 0.2) is 36.4 Å². The maximum Gasteiger partial charge on any atom is 0.244 e. The van der Waals surface area contributed by atoms with Crippen molar-refractivity contribution in [3.63, 3.8) is 0 Å². The summed E-state index contributed by atoms with van der Waals surface area (Å²) in [6.07, 6.45) is 1.31. The highest BCUT2D eigenvalue weighted by molar-refractivity contribution is 7.92. The zero-order valence-electron chi connectivity index (χ0n) is 17.4. The summed E-state index contributed by atoms with van der Waals surface area (Å²) in [5.41, 5.74) is 1.08. The molecule has 1 N–H and O–H groups in total. The summed E-state index contributed by atoms with van der Waals surface area (Å²) >= 11 is 12.0. The highest BCUT2D eigenvalue weighted by Gasteiger charge is 2.32. The van der Waals surface area contributed by atoms with Crippen LogP contribution in [0.5, 0.6) is 11.5 Å². The number of nitrogens with zero attached hydrogens (tertiary/aromatic N) is 1. The van der Waals surface area contributed by atoms with Crippen LogP contribution in [0.25, 0.3) is 0 Å². The molecule has 0 aliphatic carbocycles. The first kappa shape index (κ1) is 23.5. The van der Waals surface area contributed by atoms with Crippen LogP contribution < -0.4 is 19.1 Å². The molecule has 1 aliphatic rings. The number of benzene rings is 2. The molecule has 2 aromatic carbocycles. The van der Waals surface area contributed by atoms with Crippen molar-refractivity contribution in [1.29, 1.82) is 0 Å². The van der Waals surface area contributed by atoms with Gasteiger partial charge in [0, 0.05) is 0 Å². The maximum atomic E-state index is 13.1. The number of amides is 1. The number of fused-ring (bicyclic) bond motifs is 1. The summed E-state index contributed by atoms with van der Waals surface area (Å²) in [5.74, 6) is 0.842. The largest absolute Gasteiger partial charge is 0.486 e. The predicted molar refractivity (Wildman–Crippen MR) is 122 cm³/mol. The fourth-order valence-electron chi connectivity index (χ4n) is 3.40. The minimum absolute atomic E-state index is 0.202. The SMILES string of the molecule is CC[C@@H](C(=O)N[C@@H](C)c1ccc2c(c1)OCCO2)N(c1ccc(Cl)c(Cl)c1)S(C)(=O)=O. The molecule has 1 amide bonds. The first-order chi connectivity index (χ1) is 14.6. The quantitative estimate of drug-likeness (QED) is 0.633. The van der Waals surface area contributed by atoms with Gasteiger partial charge >= 0.3 is 0 Å². The van der Waals surface area contributed by atoms with Gasteiger partial charge in [-0.05, 0) is 49.2 Å². The van der Waals surface area contributed by atoms with Crippen molar-refractivity contribution in [3.05, 3.63) is 52.0 Å². The van der Waals surface area contributed by atoms with Gasteiger partial charge in [0.1, 0.15) is 19.3 Å². The second-order valence-corrected chi connectivity index (χ2v) is 9.89. The summed E-state index contributed by atoms with van der Waals surface area (Å²) in [6, 6.07) is 8.56. The number of carbonyl (C=O) groups is 1. The first-order valence-corrected chi connectivity index (χ1v) is 12.4. The van der Waals surface area contributed by atoms with Crippen LogP contribution in [0.2, 0.25) is 10.0 Å². The average Bonchev–Trinajstić information content (AvgIpc) is 2.72. The number of sulfonamides is 1. The van der Waals surface area contributed by atoms with Gasteiger partial charge < -0.3 is 14.8 Å². The van der Waals surface area contributed by atoms with Gasteiger partial charge in [-0.2, -0.15) is 0 Å². The Hall–Kier alpha value is -2.16. The highest BCUT2D eigenvalue weighted by Crippen LogP contribution is 2.33. The number of rotatable bonds is 7. The number of hydrogen-bond donors (Lipinski definition) is 1. The zero-order chi connectivity index (χ0) is 22.8. The fraction of sp³-hybridized carbons (Fsp3) is 0.381. The van der Waals surface area contributed by atoms with E-state index in [4.69, 9.17) is 32.7 Å². The van der Waals surface area contributed by atoms with Crippen LogP contribution in [-0.2, 0) is 14.8 Å². The fourth-order valence-corrected chi connectivity index (χ4v) is 4.90. The molecule has 7 nitrogen and oxygen atoms in total. The van der Waals surface area contributed by atoms with Gasteiger partial charge in [-0.1, -0.05) is 36.2 Å². The minimum Gasteiger partial charge on any atom is -0.486 e. The van der Waals surface area contributed by atoms with Crippen LogP contribution in [0.1, 0.15) is 31.9 Å². The molecule has 31 heavy (non-hydrogen) atoms. The lowest BCUT2D eigenvalue weighted by atomic mass is 10.1. The van der Waals surface area contributed by atoms with E-state index >= 15 is 0 Å². The molecule has 2 atom stereocenters. The molecule has 2 aromatic rings. The van der Waals surface area contributed by atoms with E-state index in [0.717, 1.165) is 16.1 Å². The second kappa shape index (κ2) is 9.54. The number of hydrogen-bond acceptors (Lipinski definition) is 5.